The summed E-state index contributed by atoms with van der Waals surface area (Å²) in [6.07, 6.45) is 3.97. The van der Waals surface area contributed by atoms with Crippen LogP contribution in [0.1, 0.15) is 11.1 Å². The molecule has 2 aromatic rings. The molecule has 0 aromatic heterocycles. The lowest BCUT2D eigenvalue weighted by Gasteiger charge is -2.16. The summed E-state index contributed by atoms with van der Waals surface area (Å²) in [5.41, 5.74) is 8.66. The molecule has 0 atom stereocenters. The molecule has 2 aromatic carbocycles. The van der Waals surface area contributed by atoms with Gasteiger partial charge in [0.05, 0.1) is 12.8 Å². The lowest BCUT2D eigenvalue weighted by Crippen LogP contribution is -2.22. The summed E-state index contributed by atoms with van der Waals surface area (Å²) in [6, 6.07) is 11.7. The van der Waals surface area contributed by atoms with Gasteiger partial charge in [-0.15, -0.1) is 0 Å². The van der Waals surface area contributed by atoms with Gasteiger partial charge in [-0.25, -0.2) is 0 Å². The Balaban J connectivity index is 1.99. The highest BCUT2D eigenvalue weighted by atomic mass is 79.9. The maximum atomic E-state index is 6.19. The summed E-state index contributed by atoms with van der Waals surface area (Å²) >= 11 is 3.58. The van der Waals surface area contributed by atoms with Crippen molar-refractivity contribution in [2.24, 2.45) is 0 Å². The Morgan fingerprint density at radius 3 is 2.00 bits per heavy atom. The van der Waals surface area contributed by atoms with Crippen molar-refractivity contribution in [3.05, 3.63) is 45.9 Å². The molecule has 36 heavy (non-hydrogen) atoms. The van der Waals surface area contributed by atoms with Crippen molar-refractivity contribution in [2.45, 2.75) is 51.4 Å². The Bertz CT molecular complexity index is 1000. The Morgan fingerprint density at radius 1 is 0.806 bits per heavy atom. The SMILES string of the molecule is COc1cc(C=Cc2cc(OCOCC[Si](C)(C)C)cc(N)c2Br)ccc1OCOCC[Si](C)(C)C. The summed E-state index contributed by atoms with van der Waals surface area (Å²) in [5.74, 6) is 1.97. The summed E-state index contributed by atoms with van der Waals surface area (Å²) in [4.78, 5) is 0. The molecule has 2 N–H and O–H groups in total. The maximum Gasteiger partial charge on any atom is 0.189 e. The first-order valence-corrected chi connectivity index (χ1v) is 20.4. The van der Waals surface area contributed by atoms with Crippen LogP contribution in [-0.4, -0.2) is 50.1 Å². The average Bonchev–Trinajstić information content (AvgIpc) is 2.78. The summed E-state index contributed by atoms with van der Waals surface area (Å²) in [7, 11) is -0.603. The van der Waals surface area contributed by atoms with Crippen LogP contribution in [0.4, 0.5) is 5.69 Å². The number of hydrogen-bond acceptors (Lipinski definition) is 6. The third-order valence-corrected chi connectivity index (χ3v) is 9.67. The largest absolute Gasteiger partial charge is 0.493 e. The van der Waals surface area contributed by atoms with Crippen LogP contribution in [0.2, 0.25) is 51.4 Å². The molecule has 0 radical (unpaired) electrons. The minimum Gasteiger partial charge on any atom is -0.493 e. The van der Waals surface area contributed by atoms with Crippen LogP contribution < -0.4 is 19.9 Å². The van der Waals surface area contributed by atoms with Crippen molar-refractivity contribution < 1.29 is 23.7 Å². The molecular weight excluding hydrogens is 554 g/mol. The molecule has 6 nitrogen and oxygen atoms in total. The van der Waals surface area contributed by atoms with Gasteiger partial charge in [0.25, 0.3) is 0 Å². The fraction of sp³-hybridized carbons (Fsp3) is 0.481. The Labute approximate surface area is 227 Å². The lowest BCUT2D eigenvalue weighted by atomic mass is 10.1. The summed E-state index contributed by atoms with van der Waals surface area (Å²) < 4.78 is 29.2. The molecule has 0 unspecified atom stereocenters. The molecule has 0 aliphatic carbocycles. The van der Waals surface area contributed by atoms with Gasteiger partial charge in [0.15, 0.2) is 25.1 Å². The van der Waals surface area contributed by atoms with Crippen LogP contribution in [0.3, 0.4) is 0 Å². The van der Waals surface area contributed by atoms with Crippen LogP contribution in [0.15, 0.2) is 34.8 Å². The quantitative estimate of drug-likeness (QED) is 0.0751. The molecule has 200 valence electrons. The molecule has 0 bridgehead atoms. The highest BCUT2D eigenvalue weighted by Crippen LogP contribution is 2.32. The third-order valence-electron chi connectivity index (χ3n) is 5.34. The van der Waals surface area contributed by atoms with E-state index in [9.17, 15) is 0 Å². The van der Waals surface area contributed by atoms with E-state index in [1.807, 2.05) is 36.4 Å². The number of methoxy groups -OCH3 is 1. The van der Waals surface area contributed by atoms with E-state index in [1.54, 1.807) is 13.2 Å². The van der Waals surface area contributed by atoms with Gasteiger partial charge in [-0.2, -0.15) is 0 Å². The number of rotatable bonds is 15. The van der Waals surface area contributed by atoms with E-state index >= 15 is 0 Å². The van der Waals surface area contributed by atoms with E-state index in [0.717, 1.165) is 27.7 Å². The minimum absolute atomic E-state index is 0.204. The zero-order chi connectivity index (χ0) is 26.8. The number of anilines is 1. The van der Waals surface area contributed by atoms with Gasteiger partial charge in [-0.1, -0.05) is 57.5 Å². The highest BCUT2D eigenvalue weighted by molar-refractivity contribution is 9.10. The fourth-order valence-electron chi connectivity index (χ4n) is 3.03. The first kappa shape index (κ1) is 30.4. The molecule has 0 fully saturated rings. The normalized spacial score (nSPS) is 12.2. The predicted octanol–water partition coefficient (Wildman–Crippen LogP) is 7.59. The second-order valence-corrected chi connectivity index (χ2v) is 23.2. The Kier molecular flexibility index (Phi) is 12.0. The molecule has 0 amide bonds. The molecule has 0 heterocycles. The zero-order valence-corrected chi connectivity index (χ0v) is 26.4. The van der Waals surface area contributed by atoms with Crippen LogP contribution in [0.25, 0.3) is 12.2 Å². The van der Waals surface area contributed by atoms with E-state index in [1.165, 1.54) is 0 Å². The van der Waals surface area contributed by atoms with Crippen molar-refractivity contribution in [3.8, 4) is 17.2 Å². The summed E-state index contributed by atoms with van der Waals surface area (Å²) in [6.45, 7) is 15.8. The van der Waals surface area contributed by atoms with Crippen molar-refractivity contribution in [3.63, 3.8) is 0 Å². The van der Waals surface area contributed by atoms with Crippen LogP contribution in [-0.2, 0) is 9.47 Å². The average molecular weight is 597 g/mol. The van der Waals surface area contributed by atoms with Gasteiger partial charge >= 0.3 is 0 Å². The Morgan fingerprint density at radius 2 is 1.42 bits per heavy atom. The Hall–Kier alpha value is -1.79. The molecule has 0 saturated heterocycles. The van der Waals surface area contributed by atoms with Crippen LogP contribution in [0.5, 0.6) is 17.2 Å². The first-order chi connectivity index (χ1) is 16.9. The topological polar surface area (TPSA) is 72.2 Å². The van der Waals surface area contributed by atoms with E-state index in [-0.39, 0.29) is 13.6 Å². The molecule has 0 aliphatic heterocycles. The zero-order valence-electron chi connectivity index (χ0n) is 22.8. The van der Waals surface area contributed by atoms with Crippen LogP contribution >= 0.6 is 15.9 Å². The first-order valence-electron chi connectivity index (χ1n) is 12.2. The van der Waals surface area contributed by atoms with E-state index in [2.05, 4.69) is 55.2 Å². The standard InChI is InChI=1S/C27H42BrNO5Si2/c1-30-26-16-21(9-11-25(26)34-20-32-13-15-36(5,6)7)8-10-22-17-23(18-24(29)27(22)28)33-19-31-12-14-35(2,3)4/h8-11,16-18H,12-15,19-20,29H2,1-7H3. The second kappa shape index (κ2) is 14.2. The van der Waals surface area contributed by atoms with Gasteiger partial charge in [0.2, 0.25) is 0 Å². The fourth-order valence-corrected chi connectivity index (χ4v) is 4.90. The van der Waals surface area contributed by atoms with E-state index in [4.69, 9.17) is 29.4 Å². The number of hydrogen-bond donors (Lipinski definition) is 1. The smallest absolute Gasteiger partial charge is 0.189 e. The molecule has 9 heteroatoms. The molecule has 2 rings (SSSR count). The summed E-state index contributed by atoms with van der Waals surface area (Å²) in [5, 5.41) is 0. The second-order valence-electron chi connectivity index (χ2n) is 11.1. The van der Waals surface area contributed by atoms with Crippen molar-refractivity contribution in [1.29, 1.82) is 0 Å². The van der Waals surface area contributed by atoms with Gasteiger partial charge < -0.3 is 29.4 Å². The minimum atomic E-state index is -1.12. The van der Waals surface area contributed by atoms with Crippen LogP contribution in [0, 0.1) is 0 Å². The number of benzene rings is 2. The van der Waals surface area contributed by atoms with E-state index in [0.29, 0.717) is 36.1 Å². The maximum absolute atomic E-state index is 6.19. The van der Waals surface area contributed by atoms with Gasteiger partial charge in [-0.05, 0) is 57.3 Å². The number of nitrogens with two attached hydrogens (primary N) is 1. The molecule has 0 spiro atoms. The highest BCUT2D eigenvalue weighted by Gasteiger charge is 2.13. The number of halogens is 1. The monoisotopic (exact) mass is 595 g/mol. The molecule has 0 aliphatic rings. The van der Waals surface area contributed by atoms with Crippen molar-refractivity contribution >= 4 is 49.9 Å². The van der Waals surface area contributed by atoms with Gasteiger partial charge in [0, 0.05) is 39.9 Å². The van der Waals surface area contributed by atoms with Gasteiger partial charge in [-0.3, -0.25) is 0 Å². The molecule has 0 saturated carbocycles. The lowest BCUT2D eigenvalue weighted by molar-refractivity contribution is 0.0205. The van der Waals surface area contributed by atoms with E-state index < -0.39 is 16.1 Å². The number of ether oxygens (including phenoxy) is 5. The molecular formula is C27H42BrNO5Si2. The number of nitrogen functional groups attached to an aromatic ring is 1. The third kappa shape index (κ3) is 11.5. The van der Waals surface area contributed by atoms with Gasteiger partial charge in [0.1, 0.15) is 5.75 Å². The van der Waals surface area contributed by atoms with Crippen molar-refractivity contribution in [2.75, 3.05) is 39.6 Å². The van der Waals surface area contributed by atoms with Crippen molar-refractivity contribution in [1.82, 2.24) is 0 Å². The predicted molar refractivity (Wildman–Crippen MR) is 160 cm³/mol.